The first kappa shape index (κ1) is 16.3. The van der Waals surface area contributed by atoms with Crippen molar-refractivity contribution in [3.8, 4) is 0 Å². The van der Waals surface area contributed by atoms with E-state index < -0.39 is 17.4 Å². The van der Waals surface area contributed by atoms with Gasteiger partial charge in [0, 0.05) is 44.1 Å². The second-order valence-corrected chi connectivity index (χ2v) is 8.06. The molecule has 0 atom stereocenters. The second-order valence-electron chi connectivity index (χ2n) is 7.00. The van der Waals surface area contributed by atoms with Crippen molar-refractivity contribution in [1.29, 1.82) is 0 Å². The van der Waals surface area contributed by atoms with Crippen LogP contribution in [0.2, 0.25) is 0 Å². The lowest BCUT2D eigenvalue weighted by atomic mass is 9.91. The molecule has 2 saturated heterocycles. The SMILES string of the molecule is CN1CC2(CCN(C(=O)C(=O)Nc3ncc(C4CC4)s3)CC2)OC1=O. The van der Waals surface area contributed by atoms with Crippen LogP contribution in [0.5, 0.6) is 0 Å². The summed E-state index contributed by atoms with van der Waals surface area (Å²) in [5.74, 6) is -0.645. The minimum atomic E-state index is -0.659. The summed E-state index contributed by atoms with van der Waals surface area (Å²) < 4.78 is 5.46. The highest BCUT2D eigenvalue weighted by Gasteiger charge is 2.46. The predicted molar refractivity (Wildman–Crippen MR) is 90.4 cm³/mol. The number of anilines is 1. The fraction of sp³-hybridized carbons (Fsp3) is 0.625. The number of carbonyl (C=O) groups excluding carboxylic acids is 3. The number of nitrogens with one attached hydrogen (secondary N) is 1. The van der Waals surface area contributed by atoms with Crippen LogP contribution in [0.1, 0.15) is 36.5 Å². The van der Waals surface area contributed by atoms with E-state index in [1.165, 1.54) is 29.1 Å². The van der Waals surface area contributed by atoms with Crippen LogP contribution in [-0.2, 0) is 14.3 Å². The van der Waals surface area contributed by atoms with Crippen LogP contribution in [0.25, 0.3) is 0 Å². The van der Waals surface area contributed by atoms with Gasteiger partial charge in [-0.15, -0.1) is 11.3 Å². The van der Waals surface area contributed by atoms with Crippen LogP contribution >= 0.6 is 11.3 Å². The van der Waals surface area contributed by atoms with E-state index in [0.29, 0.717) is 43.5 Å². The molecule has 3 fully saturated rings. The molecule has 1 aromatic heterocycles. The Bertz CT molecular complexity index is 721. The van der Waals surface area contributed by atoms with E-state index in [4.69, 9.17) is 4.74 Å². The van der Waals surface area contributed by atoms with E-state index >= 15 is 0 Å². The first-order valence-electron chi connectivity index (χ1n) is 8.46. The lowest BCUT2D eigenvalue weighted by Crippen LogP contribution is -2.51. The highest BCUT2D eigenvalue weighted by molar-refractivity contribution is 7.15. The van der Waals surface area contributed by atoms with E-state index in [9.17, 15) is 14.4 Å². The molecular formula is C16H20N4O4S. The predicted octanol–water partition coefficient (Wildman–Crippen LogP) is 1.40. The fourth-order valence-corrected chi connectivity index (χ4v) is 4.35. The van der Waals surface area contributed by atoms with Gasteiger partial charge in [0.15, 0.2) is 5.13 Å². The standard InChI is InChI=1S/C16H20N4O4S/c1-19-9-16(24-15(19)23)4-6-20(7-5-16)13(22)12(21)18-14-17-8-11(25-14)10-2-3-10/h8,10H,2-7,9H2,1H3,(H,17,18,21). The zero-order valence-electron chi connectivity index (χ0n) is 14.0. The van der Waals surface area contributed by atoms with Crippen LogP contribution in [-0.4, -0.2) is 65.0 Å². The summed E-state index contributed by atoms with van der Waals surface area (Å²) in [6, 6.07) is 0. The summed E-state index contributed by atoms with van der Waals surface area (Å²) >= 11 is 1.43. The maximum Gasteiger partial charge on any atom is 0.410 e. The van der Waals surface area contributed by atoms with Gasteiger partial charge in [-0.2, -0.15) is 0 Å². The molecule has 0 radical (unpaired) electrons. The number of hydrogen-bond acceptors (Lipinski definition) is 6. The van der Waals surface area contributed by atoms with Gasteiger partial charge in [0.25, 0.3) is 0 Å². The van der Waals surface area contributed by atoms with Gasteiger partial charge >= 0.3 is 17.9 Å². The number of ether oxygens (including phenoxy) is 1. The number of piperidine rings is 1. The molecule has 1 saturated carbocycles. The Kier molecular flexibility index (Phi) is 3.90. The number of carbonyl (C=O) groups is 3. The van der Waals surface area contributed by atoms with Gasteiger partial charge < -0.3 is 14.5 Å². The summed E-state index contributed by atoms with van der Waals surface area (Å²) in [5, 5.41) is 3.07. The summed E-state index contributed by atoms with van der Waals surface area (Å²) in [7, 11) is 1.70. The zero-order valence-corrected chi connectivity index (χ0v) is 14.8. The number of hydrogen-bond donors (Lipinski definition) is 1. The fourth-order valence-electron chi connectivity index (χ4n) is 3.36. The lowest BCUT2D eigenvalue weighted by molar-refractivity contribution is -0.145. The number of nitrogens with zero attached hydrogens (tertiary/aromatic N) is 3. The molecule has 1 spiro atoms. The Balaban J connectivity index is 1.32. The Morgan fingerprint density at radius 1 is 1.36 bits per heavy atom. The van der Waals surface area contributed by atoms with Crippen LogP contribution in [0.15, 0.2) is 6.20 Å². The second kappa shape index (κ2) is 5.98. The first-order chi connectivity index (χ1) is 12.0. The molecule has 0 aromatic carbocycles. The van der Waals surface area contributed by atoms with Gasteiger partial charge in [0.05, 0.1) is 6.54 Å². The highest BCUT2D eigenvalue weighted by Crippen LogP contribution is 2.43. The van der Waals surface area contributed by atoms with Crippen molar-refractivity contribution >= 4 is 34.4 Å². The number of thiazole rings is 1. The molecule has 0 bridgehead atoms. The quantitative estimate of drug-likeness (QED) is 0.801. The van der Waals surface area contributed by atoms with Crippen molar-refractivity contribution in [3.63, 3.8) is 0 Å². The summed E-state index contributed by atoms with van der Waals surface area (Å²) in [5.41, 5.74) is -0.520. The molecule has 1 N–H and O–H groups in total. The van der Waals surface area contributed by atoms with Crippen LogP contribution in [0.4, 0.5) is 9.93 Å². The minimum Gasteiger partial charge on any atom is -0.441 e. The third kappa shape index (κ3) is 3.20. The van der Waals surface area contributed by atoms with Crippen molar-refractivity contribution in [3.05, 3.63) is 11.1 Å². The van der Waals surface area contributed by atoms with Gasteiger partial charge in [-0.05, 0) is 18.8 Å². The van der Waals surface area contributed by atoms with Crippen LogP contribution in [0, 0.1) is 0 Å². The van der Waals surface area contributed by atoms with E-state index in [2.05, 4.69) is 10.3 Å². The average molecular weight is 364 g/mol. The summed E-state index contributed by atoms with van der Waals surface area (Å²) in [6.45, 7) is 1.33. The molecule has 0 unspecified atom stereocenters. The third-order valence-corrected chi connectivity index (χ3v) is 6.10. The number of likely N-dealkylation sites (N-methyl/N-ethyl adjacent to an activating group) is 1. The number of likely N-dealkylation sites (tertiary alicyclic amines) is 1. The Hall–Kier alpha value is -2.16. The molecule has 9 heteroatoms. The maximum atomic E-state index is 12.4. The molecule has 2 aliphatic heterocycles. The molecule has 3 amide bonds. The maximum absolute atomic E-state index is 12.4. The molecular weight excluding hydrogens is 344 g/mol. The molecule has 3 heterocycles. The van der Waals surface area contributed by atoms with Gasteiger partial charge in [-0.25, -0.2) is 9.78 Å². The van der Waals surface area contributed by atoms with Crippen molar-refractivity contribution in [2.45, 2.75) is 37.2 Å². The lowest BCUT2D eigenvalue weighted by Gasteiger charge is -2.36. The number of amides is 3. The molecule has 8 nitrogen and oxygen atoms in total. The van der Waals surface area contributed by atoms with Gasteiger partial charge in [0.1, 0.15) is 5.60 Å². The van der Waals surface area contributed by atoms with Crippen molar-refractivity contribution in [2.24, 2.45) is 0 Å². The van der Waals surface area contributed by atoms with Crippen LogP contribution in [0.3, 0.4) is 0 Å². The Morgan fingerprint density at radius 2 is 2.08 bits per heavy atom. The Labute approximate surface area is 149 Å². The van der Waals surface area contributed by atoms with E-state index in [0.717, 1.165) is 4.88 Å². The normalized spacial score (nSPS) is 22.2. The van der Waals surface area contributed by atoms with Crippen molar-refractivity contribution in [1.82, 2.24) is 14.8 Å². The molecule has 1 aromatic rings. The minimum absolute atomic E-state index is 0.326. The molecule has 4 rings (SSSR count). The number of aromatic nitrogens is 1. The van der Waals surface area contributed by atoms with Gasteiger partial charge in [-0.1, -0.05) is 0 Å². The van der Waals surface area contributed by atoms with Crippen molar-refractivity contribution < 1.29 is 19.1 Å². The summed E-state index contributed by atoms with van der Waals surface area (Å²) in [4.78, 5) is 44.5. The average Bonchev–Trinajstić information content (AvgIpc) is 3.28. The first-order valence-corrected chi connectivity index (χ1v) is 9.27. The van der Waals surface area contributed by atoms with E-state index in [-0.39, 0.29) is 6.09 Å². The van der Waals surface area contributed by atoms with Crippen molar-refractivity contribution in [2.75, 3.05) is 32.0 Å². The highest BCUT2D eigenvalue weighted by atomic mass is 32.1. The zero-order chi connectivity index (χ0) is 17.6. The van der Waals surface area contributed by atoms with E-state index in [1.54, 1.807) is 18.1 Å². The molecule has 1 aliphatic carbocycles. The monoisotopic (exact) mass is 364 g/mol. The van der Waals surface area contributed by atoms with Crippen LogP contribution < -0.4 is 5.32 Å². The summed E-state index contributed by atoms with van der Waals surface area (Å²) in [6.07, 6.45) is 4.88. The van der Waals surface area contributed by atoms with Gasteiger partial charge in [0.2, 0.25) is 0 Å². The topological polar surface area (TPSA) is 91.8 Å². The number of rotatable bonds is 2. The smallest absolute Gasteiger partial charge is 0.410 e. The molecule has 25 heavy (non-hydrogen) atoms. The van der Waals surface area contributed by atoms with E-state index in [1.807, 2.05) is 0 Å². The largest absolute Gasteiger partial charge is 0.441 e. The molecule has 134 valence electrons. The third-order valence-electron chi connectivity index (χ3n) is 5.02. The Morgan fingerprint density at radius 3 is 2.68 bits per heavy atom. The van der Waals surface area contributed by atoms with Gasteiger partial charge in [-0.3, -0.25) is 14.9 Å². The molecule has 3 aliphatic rings.